The van der Waals surface area contributed by atoms with Crippen molar-refractivity contribution in [1.82, 2.24) is 14.9 Å². The Balaban J connectivity index is 1.78. The summed E-state index contributed by atoms with van der Waals surface area (Å²) in [5, 5.41) is 10.0. The van der Waals surface area contributed by atoms with E-state index in [4.69, 9.17) is 0 Å². The maximum atomic E-state index is 12.1. The number of anilines is 1. The van der Waals surface area contributed by atoms with E-state index in [0.717, 1.165) is 31.7 Å². The van der Waals surface area contributed by atoms with Crippen LogP contribution in [0.2, 0.25) is 0 Å². The van der Waals surface area contributed by atoms with Crippen molar-refractivity contribution in [3.05, 3.63) is 34.6 Å². The topological polar surface area (TPSA) is 72.5 Å². The van der Waals surface area contributed by atoms with Gasteiger partial charge in [0.05, 0.1) is 17.0 Å². The van der Waals surface area contributed by atoms with Crippen molar-refractivity contribution in [3.8, 4) is 0 Å². The van der Waals surface area contributed by atoms with Gasteiger partial charge in [-0.1, -0.05) is 12.1 Å². The third-order valence-corrected chi connectivity index (χ3v) is 3.79. The van der Waals surface area contributed by atoms with Gasteiger partial charge in [0.15, 0.2) is 0 Å². The molecule has 2 heterocycles. The molecule has 1 saturated heterocycles. The Kier molecular flexibility index (Phi) is 3.90. The zero-order valence-electron chi connectivity index (χ0n) is 12.1. The second-order valence-corrected chi connectivity index (χ2v) is 5.54. The Morgan fingerprint density at radius 2 is 2.00 bits per heavy atom. The molecule has 2 aromatic rings. The Morgan fingerprint density at radius 1 is 1.29 bits per heavy atom. The van der Waals surface area contributed by atoms with E-state index in [9.17, 15) is 9.90 Å². The Bertz CT molecular complexity index is 675. The van der Waals surface area contributed by atoms with Gasteiger partial charge in [-0.05, 0) is 19.1 Å². The summed E-state index contributed by atoms with van der Waals surface area (Å²) in [6, 6.07) is 7.37. The maximum absolute atomic E-state index is 12.1. The summed E-state index contributed by atoms with van der Waals surface area (Å²) < 4.78 is 0. The first-order valence-corrected chi connectivity index (χ1v) is 7.28. The number of nitrogens with one attached hydrogen (secondary N) is 1. The molecule has 0 amide bonds. The average molecular weight is 288 g/mol. The van der Waals surface area contributed by atoms with Gasteiger partial charge in [0.25, 0.3) is 5.56 Å². The standard InChI is InChI=1S/C15H20N4O2/c1-11(20)10-18-6-8-19(9-7-18)15-16-13-5-3-2-4-12(13)14(21)17-15/h2-5,11,20H,6-10H2,1H3,(H,16,17,21)/t11-/m1/s1. The number of β-amino-alcohol motifs (C(OH)–C–C–N with tert-alkyl or cyclic N) is 1. The van der Waals surface area contributed by atoms with E-state index in [1.807, 2.05) is 18.2 Å². The summed E-state index contributed by atoms with van der Waals surface area (Å²) in [6.07, 6.45) is -0.310. The number of nitrogens with zero attached hydrogens (tertiary/aromatic N) is 3. The van der Waals surface area contributed by atoms with Gasteiger partial charge >= 0.3 is 0 Å². The number of rotatable bonds is 3. The van der Waals surface area contributed by atoms with Gasteiger partial charge in [-0.15, -0.1) is 0 Å². The first kappa shape index (κ1) is 14.0. The van der Waals surface area contributed by atoms with Crippen molar-refractivity contribution in [2.24, 2.45) is 0 Å². The number of para-hydroxylation sites is 1. The first-order chi connectivity index (χ1) is 10.1. The molecule has 0 aliphatic carbocycles. The molecule has 6 heteroatoms. The van der Waals surface area contributed by atoms with Crippen molar-refractivity contribution >= 4 is 16.9 Å². The number of aromatic amines is 1. The number of piperazine rings is 1. The summed E-state index contributed by atoms with van der Waals surface area (Å²) in [7, 11) is 0. The largest absolute Gasteiger partial charge is 0.392 e. The lowest BCUT2D eigenvalue weighted by molar-refractivity contribution is 0.122. The lowest BCUT2D eigenvalue weighted by Gasteiger charge is -2.35. The lowest BCUT2D eigenvalue weighted by Crippen LogP contribution is -2.49. The number of hydrogen-bond acceptors (Lipinski definition) is 5. The van der Waals surface area contributed by atoms with Crippen LogP contribution in [0.3, 0.4) is 0 Å². The van der Waals surface area contributed by atoms with Crippen LogP contribution in [-0.4, -0.2) is 58.8 Å². The van der Waals surface area contributed by atoms with Crippen molar-refractivity contribution in [2.45, 2.75) is 13.0 Å². The number of hydrogen-bond donors (Lipinski definition) is 2. The number of aromatic nitrogens is 2. The SMILES string of the molecule is C[C@@H](O)CN1CCN(c2nc3ccccc3c(=O)[nH]2)CC1. The molecule has 0 radical (unpaired) electrons. The monoisotopic (exact) mass is 288 g/mol. The van der Waals surface area contributed by atoms with Crippen LogP contribution < -0.4 is 10.5 Å². The average Bonchev–Trinajstić information content (AvgIpc) is 2.47. The molecule has 1 fully saturated rings. The zero-order valence-corrected chi connectivity index (χ0v) is 12.1. The Labute approximate surface area is 123 Å². The second kappa shape index (κ2) is 5.83. The second-order valence-electron chi connectivity index (χ2n) is 5.54. The summed E-state index contributed by atoms with van der Waals surface area (Å²) in [5.41, 5.74) is 0.629. The number of H-pyrrole nitrogens is 1. The van der Waals surface area contributed by atoms with Crippen LogP contribution in [0.4, 0.5) is 5.95 Å². The number of benzene rings is 1. The van der Waals surface area contributed by atoms with E-state index in [0.29, 0.717) is 17.9 Å². The fourth-order valence-corrected chi connectivity index (χ4v) is 2.74. The van der Waals surface area contributed by atoms with E-state index < -0.39 is 0 Å². The van der Waals surface area contributed by atoms with Gasteiger partial charge in [-0.2, -0.15) is 0 Å². The van der Waals surface area contributed by atoms with Crippen LogP contribution in [0, 0.1) is 0 Å². The van der Waals surface area contributed by atoms with Gasteiger partial charge < -0.3 is 10.0 Å². The minimum absolute atomic E-state index is 0.0954. The molecular weight excluding hydrogens is 268 g/mol. The molecule has 0 unspecified atom stereocenters. The molecule has 0 bridgehead atoms. The van der Waals surface area contributed by atoms with Gasteiger partial charge in [0.1, 0.15) is 0 Å². The van der Waals surface area contributed by atoms with E-state index in [-0.39, 0.29) is 11.7 Å². The summed E-state index contributed by atoms with van der Waals surface area (Å²) in [4.78, 5) is 23.8. The molecule has 6 nitrogen and oxygen atoms in total. The molecule has 0 saturated carbocycles. The summed E-state index contributed by atoms with van der Waals surface area (Å²) in [6.45, 7) is 5.81. The highest BCUT2D eigenvalue weighted by atomic mass is 16.3. The zero-order chi connectivity index (χ0) is 14.8. The van der Waals surface area contributed by atoms with E-state index in [1.54, 1.807) is 13.0 Å². The highest BCUT2D eigenvalue weighted by molar-refractivity contribution is 5.78. The Hall–Kier alpha value is -1.92. The normalized spacial score (nSPS) is 18.1. The molecule has 1 aliphatic rings. The van der Waals surface area contributed by atoms with Crippen molar-refractivity contribution in [3.63, 3.8) is 0 Å². The number of aliphatic hydroxyl groups is 1. The van der Waals surface area contributed by atoms with Crippen LogP contribution in [0.25, 0.3) is 10.9 Å². The van der Waals surface area contributed by atoms with Gasteiger partial charge in [-0.3, -0.25) is 14.7 Å². The molecule has 112 valence electrons. The van der Waals surface area contributed by atoms with Crippen LogP contribution in [0.15, 0.2) is 29.1 Å². The molecule has 21 heavy (non-hydrogen) atoms. The third-order valence-electron chi connectivity index (χ3n) is 3.79. The molecule has 1 aromatic carbocycles. The molecule has 2 N–H and O–H groups in total. The minimum Gasteiger partial charge on any atom is -0.392 e. The first-order valence-electron chi connectivity index (χ1n) is 7.28. The minimum atomic E-state index is -0.310. The van der Waals surface area contributed by atoms with Crippen molar-refractivity contribution < 1.29 is 5.11 Å². The highest BCUT2D eigenvalue weighted by Crippen LogP contribution is 2.13. The van der Waals surface area contributed by atoms with Gasteiger partial charge in [-0.25, -0.2) is 4.98 Å². The quantitative estimate of drug-likeness (QED) is 0.857. The van der Waals surface area contributed by atoms with E-state index in [1.165, 1.54) is 0 Å². The predicted octanol–water partition coefficient (Wildman–Crippen LogP) is 0.426. The van der Waals surface area contributed by atoms with Gasteiger partial charge in [0.2, 0.25) is 5.95 Å². The smallest absolute Gasteiger partial charge is 0.260 e. The summed E-state index contributed by atoms with van der Waals surface area (Å²) >= 11 is 0. The fraction of sp³-hybridized carbons (Fsp3) is 0.467. The third kappa shape index (κ3) is 3.06. The van der Waals surface area contributed by atoms with Crippen molar-refractivity contribution in [2.75, 3.05) is 37.6 Å². The molecule has 1 aromatic heterocycles. The van der Waals surface area contributed by atoms with Gasteiger partial charge in [0, 0.05) is 32.7 Å². The number of aliphatic hydroxyl groups excluding tert-OH is 1. The van der Waals surface area contributed by atoms with Crippen molar-refractivity contribution in [1.29, 1.82) is 0 Å². The molecule has 3 rings (SSSR count). The number of fused-ring (bicyclic) bond motifs is 1. The summed E-state index contributed by atoms with van der Waals surface area (Å²) in [5.74, 6) is 0.635. The van der Waals surface area contributed by atoms with E-state index >= 15 is 0 Å². The van der Waals surface area contributed by atoms with Crippen LogP contribution in [0.1, 0.15) is 6.92 Å². The predicted molar refractivity (Wildman–Crippen MR) is 82.7 cm³/mol. The van der Waals surface area contributed by atoms with Crippen LogP contribution in [0.5, 0.6) is 0 Å². The van der Waals surface area contributed by atoms with Crippen LogP contribution in [-0.2, 0) is 0 Å². The Morgan fingerprint density at radius 3 is 2.71 bits per heavy atom. The fourth-order valence-electron chi connectivity index (χ4n) is 2.74. The van der Waals surface area contributed by atoms with Crippen LogP contribution >= 0.6 is 0 Å². The highest BCUT2D eigenvalue weighted by Gasteiger charge is 2.20. The van der Waals surface area contributed by atoms with E-state index in [2.05, 4.69) is 19.8 Å². The maximum Gasteiger partial charge on any atom is 0.260 e. The molecule has 1 aliphatic heterocycles. The lowest BCUT2D eigenvalue weighted by atomic mass is 10.2. The molecule has 0 spiro atoms. The molecule has 1 atom stereocenters. The molecular formula is C15H20N4O2.